The average Bonchev–Trinajstić information content (AvgIpc) is 2.61. The molecule has 5 nitrogen and oxygen atoms in total. The van der Waals surface area contributed by atoms with Crippen molar-refractivity contribution >= 4 is 6.03 Å². The standard InChI is InChI=1S/C11H19N3O2/c1-9(4-6-15)13-11(16)12-7-10-3-5-14(2)8-10/h3,5,8-9,15H,4,6-7H2,1-2H3,(H2,12,13,16)/t9-/m1/s1. The molecular formula is C11H19N3O2. The molecule has 1 atom stereocenters. The van der Waals surface area contributed by atoms with Gasteiger partial charge in [-0.25, -0.2) is 4.79 Å². The molecule has 0 unspecified atom stereocenters. The van der Waals surface area contributed by atoms with Crippen LogP contribution in [0.4, 0.5) is 4.79 Å². The molecule has 0 aliphatic rings. The Hall–Kier alpha value is -1.49. The third-order valence-electron chi connectivity index (χ3n) is 2.29. The lowest BCUT2D eigenvalue weighted by molar-refractivity contribution is 0.230. The zero-order valence-corrected chi connectivity index (χ0v) is 9.73. The Balaban J connectivity index is 2.25. The third kappa shape index (κ3) is 4.35. The number of aliphatic hydroxyl groups is 1. The zero-order valence-electron chi connectivity index (χ0n) is 9.73. The Labute approximate surface area is 95.5 Å². The first-order valence-electron chi connectivity index (χ1n) is 5.38. The summed E-state index contributed by atoms with van der Waals surface area (Å²) in [5.74, 6) is 0. The zero-order chi connectivity index (χ0) is 12.0. The summed E-state index contributed by atoms with van der Waals surface area (Å²) in [7, 11) is 1.94. The third-order valence-corrected chi connectivity index (χ3v) is 2.29. The minimum absolute atomic E-state index is 0.0132. The molecule has 0 saturated carbocycles. The molecule has 1 aromatic rings. The van der Waals surface area contributed by atoms with Crippen LogP contribution in [0.2, 0.25) is 0 Å². The van der Waals surface area contributed by atoms with E-state index in [1.165, 1.54) is 0 Å². The fraction of sp³-hybridized carbons (Fsp3) is 0.545. The lowest BCUT2D eigenvalue weighted by Crippen LogP contribution is -2.40. The Morgan fingerprint density at radius 1 is 1.62 bits per heavy atom. The van der Waals surface area contributed by atoms with E-state index in [1.54, 1.807) is 0 Å². The van der Waals surface area contributed by atoms with Crippen molar-refractivity contribution in [3.8, 4) is 0 Å². The van der Waals surface area contributed by atoms with Gasteiger partial charge in [-0.3, -0.25) is 0 Å². The molecule has 0 bridgehead atoms. The number of nitrogens with one attached hydrogen (secondary N) is 2. The first kappa shape index (κ1) is 12.6. The molecule has 16 heavy (non-hydrogen) atoms. The fourth-order valence-electron chi connectivity index (χ4n) is 1.39. The molecule has 1 heterocycles. The number of aryl methyl sites for hydroxylation is 1. The van der Waals surface area contributed by atoms with Crippen LogP contribution in [0.1, 0.15) is 18.9 Å². The largest absolute Gasteiger partial charge is 0.396 e. The number of hydrogen-bond acceptors (Lipinski definition) is 2. The highest BCUT2D eigenvalue weighted by Gasteiger charge is 2.05. The number of rotatable bonds is 5. The van der Waals surface area contributed by atoms with E-state index in [4.69, 9.17) is 5.11 Å². The van der Waals surface area contributed by atoms with E-state index in [2.05, 4.69) is 10.6 Å². The molecule has 3 N–H and O–H groups in total. The van der Waals surface area contributed by atoms with E-state index < -0.39 is 0 Å². The molecule has 0 aliphatic carbocycles. The van der Waals surface area contributed by atoms with Crippen molar-refractivity contribution in [2.75, 3.05) is 6.61 Å². The van der Waals surface area contributed by atoms with Gasteiger partial charge in [-0.05, 0) is 25.0 Å². The predicted molar refractivity (Wildman–Crippen MR) is 61.9 cm³/mol. The van der Waals surface area contributed by atoms with Crippen LogP contribution in [0.3, 0.4) is 0 Å². The maximum Gasteiger partial charge on any atom is 0.315 e. The molecule has 2 amide bonds. The van der Waals surface area contributed by atoms with Crippen molar-refractivity contribution in [1.29, 1.82) is 0 Å². The number of nitrogens with zero attached hydrogens (tertiary/aromatic N) is 1. The SMILES string of the molecule is C[C@H](CCO)NC(=O)NCc1ccn(C)c1. The average molecular weight is 225 g/mol. The second kappa shape index (κ2) is 6.17. The van der Waals surface area contributed by atoms with E-state index in [9.17, 15) is 4.79 Å². The molecule has 0 aliphatic heterocycles. The monoisotopic (exact) mass is 225 g/mol. The molecule has 90 valence electrons. The second-order valence-corrected chi connectivity index (χ2v) is 3.93. The van der Waals surface area contributed by atoms with Crippen LogP contribution >= 0.6 is 0 Å². The minimum Gasteiger partial charge on any atom is -0.396 e. The van der Waals surface area contributed by atoms with Crippen molar-refractivity contribution in [3.63, 3.8) is 0 Å². The second-order valence-electron chi connectivity index (χ2n) is 3.93. The lowest BCUT2D eigenvalue weighted by atomic mass is 10.2. The lowest BCUT2D eigenvalue weighted by Gasteiger charge is -2.12. The smallest absolute Gasteiger partial charge is 0.315 e. The van der Waals surface area contributed by atoms with Gasteiger partial charge in [-0.15, -0.1) is 0 Å². The Bertz CT molecular complexity index is 336. The normalized spacial score (nSPS) is 12.2. The topological polar surface area (TPSA) is 66.3 Å². The van der Waals surface area contributed by atoms with Gasteiger partial charge in [0.05, 0.1) is 0 Å². The number of aliphatic hydroxyl groups excluding tert-OH is 1. The molecule has 0 aromatic carbocycles. The van der Waals surface area contributed by atoms with Crippen LogP contribution in [-0.4, -0.2) is 28.4 Å². The van der Waals surface area contributed by atoms with Gasteiger partial charge in [0.1, 0.15) is 0 Å². The Morgan fingerprint density at radius 3 is 2.94 bits per heavy atom. The number of carbonyl (C=O) groups is 1. The first-order chi connectivity index (χ1) is 7.61. The minimum atomic E-state index is -0.204. The van der Waals surface area contributed by atoms with Crippen LogP contribution < -0.4 is 10.6 Å². The summed E-state index contributed by atoms with van der Waals surface area (Å²) in [6, 6.07) is 1.74. The summed E-state index contributed by atoms with van der Waals surface area (Å²) >= 11 is 0. The van der Waals surface area contributed by atoms with Gasteiger partial charge < -0.3 is 20.3 Å². The van der Waals surface area contributed by atoms with Gasteiger partial charge >= 0.3 is 6.03 Å². The van der Waals surface area contributed by atoms with Gasteiger partial charge in [-0.1, -0.05) is 0 Å². The highest BCUT2D eigenvalue weighted by Crippen LogP contribution is 1.98. The van der Waals surface area contributed by atoms with Crippen LogP contribution in [0.15, 0.2) is 18.5 Å². The van der Waals surface area contributed by atoms with Crippen molar-refractivity contribution < 1.29 is 9.90 Å². The van der Waals surface area contributed by atoms with Gasteiger partial charge in [0.25, 0.3) is 0 Å². The van der Waals surface area contributed by atoms with Crippen molar-refractivity contribution in [2.24, 2.45) is 7.05 Å². The highest BCUT2D eigenvalue weighted by atomic mass is 16.3. The molecule has 0 radical (unpaired) electrons. The van der Waals surface area contributed by atoms with Crippen LogP contribution in [0.25, 0.3) is 0 Å². The number of urea groups is 1. The van der Waals surface area contributed by atoms with E-state index in [-0.39, 0.29) is 18.7 Å². The fourth-order valence-corrected chi connectivity index (χ4v) is 1.39. The summed E-state index contributed by atoms with van der Waals surface area (Å²) < 4.78 is 1.93. The van der Waals surface area contributed by atoms with Crippen LogP contribution in [0, 0.1) is 0 Å². The van der Waals surface area contributed by atoms with Crippen molar-refractivity contribution in [1.82, 2.24) is 15.2 Å². The Kier molecular flexibility index (Phi) is 4.85. The summed E-state index contributed by atoms with van der Waals surface area (Å²) in [5.41, 5.74) is 1.06. The van der Waals surface area contributed by atoms with Crippen LogP contribution in [-0.2, 0) is 13.6 Å². The van der Waals surface area contributed by atoms with Crippen LogP contribution in [0.5, 0.6) is 0 Å². The number of carbonyl (C=O) groups excluding carboxylic acids is 1. The van der Waals surface area contributed by atoms with E-state index in [0.717, 1.165) is 5.56 Å². The summed E-state index contributed by atoms with van der Waals surface area (Å²) in [4.78, 5) is 11.4. The number of amides is 2. The molecule has 0 saturated heterocycles. The molecule has 5 heteroatoms. The van der Waals surface area contributed by atoms with E-state index >= 15 is 0 Å². The van der Waals surface area contributed by atoms with Gasteiger partial charge in [-0.2, -0.15) is 0 Å². The molecule has 0 fully saturated rings. The van der Waals surface area contributed by atoms with Gasteiger partial charge in [0, 0.05) is 38.6 Å². The maximum absolute atomic E-state index is 11.4. The van der Waals surface area contributed by atoms with E-state index in [1.807, 2.05) is 37.0 Å². The quantitative estimate of drug-likeness (QED) is 0.687. The van der Waals surface area contributed by atoms with Gasteiger partial charge in [0.2, 0.25) is 0 Å². The van der Waals surface area contributed by atoms with Crippen molar-refractivity contribution in [3.05, 3.63) is 24.0 Å². The predicted octanol–water partition coefficient (Wildman–Crippen LogP) is 0.595. The number of aromatic nitrogens is 1. The van der Waals surface area contributed by atoms with Crippen molar-refractivity contribution in [2.45, 2.75) is 25.9 Å². The van der Waals surface area contributed by atoms with Gasteiger partial charge in [0.15, 0.2) is 0 Å². The first-order valence-corrected chi connectivity index (χ1v) is 5.38. The molecular weight excluding hydrogens is 206 g/mol. The molecule has 1 rings (SSSR count). The highest BCUT2D eigenvalue weighted by molar-refractivity contribution is 5.74. The molecule has 0 spiro atoms. The summed E-state index contributed by atoms with van der Waals surface area (Å²) in [5, 5.41) is 14.2. The molecule has 1 aromatic heterocycles. The van der Waals surface area contributed by atoms with E-state index in [0.29, 0.717) is 13.0 Å². The maximum atomic E-state index is 11.4. The summed E-state index contributed by atoms with van der Waals surface area (Å²) in [6.07, 6.45) is 4.46. The Morgan fingerprint density at radius 2 is 2.38 bits per heavy atom. The summed E-state index contributed by atoms with van der Waals surface area (Å²) in [6.45, 7) is 2.46. The number of hydrogen-bond donors (Lipinski definition) is 3.